The van der Waals surface area contributed by atoms with Crippen LogP contribution in [0.5, 0.6) is 0 Å². The van der Waals surface area contributed by atoms with E-state index in [-0.39, 0.29) is 18.4 Å². The Bertz CT molecular complexity index is 515. The normalized spacial score (nSPS) is 14.1. The monoisotopic (exact) mass is 393 g/mol. The maximum absolute atomic E-state index is 12.4. The van der Waals surface area contributed by atoms with Gasteiger partial charge in [-0.2, -0.15) is 0 Å². The Morgan fingerprint density at radius 2 is 1.11 bits per heavy atom. The highest BCUT2D eigenvalue weighted by atomic mass is 16.5. The summed E-state index contributed by atoms with van der Waals surface area (Å²) in [6.45, 7) is 8.90. The minimum absolute atomic E-state index is 0.272. The number of dihydropyridines is 1. The second-order valence-electron chi connectivity index (χ2n) is 7.61. The fourth-order valence-electron chi connectivity index (χ4n) is 3.24. The van der Waals surface area contributed by atoms with Crippen molar-refractivity contribution >= 4 is 11.9 Å². The third-order valence-corrected chi connectivity index (χ3v) is 5.09. The first-order valence-corrected chi connectivity index (χ1v) is 11.0. The first kappa shape index (κ1) is 24.3. The van der Waals surface area contributed by atoms with E-state index in [1.54, 1.807) is 0 Å². The lowest BCUT2D eigenvalue weighted by atomic mass is 9.98. The summed E-state index contributed by atoms with van der Waals surface area (Å²) in [5.74, 6) is -0.671. The quantitative estimate of drug-likeness (QED) is 0.309. The second-order valence-corrected chi connectivity index (χ2v) is 7.61. The number of carbonyl (C=O) groups is 2. The molecule has 0 radical (unpaired) electrons. The summed E-state index contributed by atoms with van der Waals surface area (Å²) in [4.78, 5) is 24.9. The van der Waals surface area contributed by atoms with Crippen LogP contribution in [0.4, 0.5) is 0 Å². The number of nitrogens with one attached hydrogen (secondary N) is 1. The standard InChI is InChI=1S/C23H39NO4/c1-5-7-9-11-13-15-27-22(25)20-17-21(19(4)24-18(20)3)23(26)28-16-14-12-10-8-6-2/h24H,5-17H2,1-4H3. The SMILES string of the molecule is CCCCCCCOC(=O)C1=C(C)NC(C)=C(C(=O)OCCCCCCC)C1. The largest absolute Gasteiger partial charge is 0.462 e. The van der Waals surface area contributed by atoms with Crippen molar-refractivity contribution in [3.05, 3.63) is 22.5 Å². The van der Waals surface area contributed by atoms with Crippen molar-refractivity contribution in [2.75, 3.05) is 13.2 Å². The van der Waals surface area contributed by atoms with Crippen LogP contribution in [0.15, 0.2) is 22.5 Å². The van der Waals surface area contributed by atoms with Crippen LogP contribution < -0.4 is 5.32 Å². The van der Waals surface area contributed by atoms with Gasteiger partial charge in [0, 0.05) is 17.8 Å². The maximum Gasteiger partial charge on any atom is 0.336 e. The molecule has 28 heavy (non-hydrogen) atoms. The minimum Gasteiger partial charge on any atom is -0.462 e. The smallest absolute Gasteiger partial charge is 0.336 e. The number of hydrogen-bond acceptors (Lipinski definition) is 5. The summed E-state index contributed by atoms with van der Waals surface area (Å²) < 4.78 is 10.8. The van der Waals surface area contributed by atoms with Gasteiger partial charge in [0.1, 0.15) is 0 Å². The molecule has 0 aromatic rings. The Kier molecular flexibility index (Phi) is 12.3. The molecule has 0 fully saturated rings. The van der Waals surface area contributed by atoms with E-state index < -0.39 is 0 Å². The van der Waals surface area contributed by atoms with Gasteiger partial charge in [-0.1, -0.05) is 65.2 Å². The molecule has 5 nitrogen and oxygen atoms in total. The maximum atomic E-state index is 12.4. The van der Waals surface area contributed by atoms with Crippen LogP contribution in [0.2, 0.25) is 0 Å². The number of ether oxygens (including phenoxy) is 2. The molecule has 1 aliphatic rings. The van der Waals surface area contributed by atoms with E-state index in [1.807, 2.05) is 13.8 Å². The van der Waals surface area contributed by atoms with Crippen LogP contribution in [0, 0.1) is 0 Å². The van der Waals surface area contributed by atoms with Crippen LogP contribution in [-0.4, -0.2) is 25.2 Å². The number of esters is 2. The van der Waals surface area contributed by atoms with Gasteiger partial charge in [0.25, 0.3) is 0 Å². The molecule has 1 heterocycles. The molecule has 0 aromatic carbocycles. The topological polar surface area (TPSA) is 64.6 Å². The lowest BCUT2D eigenvalue weighted by molar-refractivity contribution is -0.139. The van der Waals surface area contributed by atoms with Crippen LogP contribution in [0.25, 0.3) is 0 Å². The van der Waals surface area contributed by atoms with Crippen molar-refractivity contribution in [1.82, 2.24) is 5.32 Å². The van der Waals surface area contributed by atoms with Gasteiger partial charge in [-0.3, -0.25) is 0 Å². The molecule has 0 atom stereocenters. The molecule has 1 N–H and O–H groups in total. The molecule has 160 valence electrons. The van der Waals surface area contributed by atoms with E-state index in [1.165, 1.54) is 38.5 Å². The van der Waals surface area contributed by atoms with E-state index in [0.29, 0.717) is 24.4 Å². The zero-order valence-corrected chi connectivity index (χ0v) is 18.3. The van der Waals surface area contributed by atoms with Gasteiger partial charge < -0.3 is 14.8 Å². The van der Waals surface area contributed by atoms with Crippen molar-refractivity contribution in [3.8, 4) is 0 Å². The summed E-state index contributed by atoms with van der Waals surface area (Å²) in [6, 6.07) is 0. The van der Waals surface area contributed by atoms with Crippen LogP contribution in [-0.2, 0) is 19.1 Å². The molecule has 1 aliphatic heterocycles. The number of carbonyl (C=O) groups excluding carboxylic acids is 2. The van der Waals surface area contributed by atoms with Gasteiger partial charge in [-0.25, -0.2) is 9.59 Å². The molecule has 0 amide bonds. The first-order valence-electron chi connectivity index (χ1n) is 11.0. The summed E-state index contributed by atoms with van der Waals surface area (Å²) in [5.41, 5.74) is 2.55. The highest BCUT2D eigenvalue weighted by Crippen LogP contribution is 2.25. The van der Waals surface area contributed by atoms with Gasteiger partial charge in [0.2, 0.25) is 0 Å². The molecule has 0 bridgehead atoms. The lowest BCUT2D eigenvalue weighted by Crippen LogP contribution is -2.27. The van der Waals surface area contributed by atoms with Crippen LogP contribution in [0.1, 0.15) is 98.3 Å². The van der Waals surface area contributed by atoms with Crippen molar-refractivity contribution in [1.29, 1.82) is 0 Å². The summed E-state index contributed by atoms with van der Waals surface area (Å²) in [7, 11) is 0. The van der Waals surface area contributed by atoms with E-state index in [0.717, 1.165) is 37.1 Å². The Morgan fingerprint density at radius 3 is 1.50 bits per heavy atom. The molecule has 0 aliphatic carbocycles. The van der Waals surface area contributed by atoms with E-state index in [9.17, 15) is 9.59 Å². The molecule has 0 unspecified atom stereocenters. The molecule has 5 heteroatoms. The fraction of sp³-hybridized carbons (Fsp3) is 0.739. The number of rotatable bonds is 14. The van der Waals surface area contributed by atoms with Crippen molar-refractivity contribution in [3.63, 3.8) is 0 Å². The van der Waals surface area contributed by atoms with Crippen LogP contribution in [0.3, 0.4) is 0 Å². The Balaban J connectivity index is 2.44. The van der Waals surface area contributed by atoms with E-state index >= 15 is 0 Å². The van der Waals surface area contributed by atoms with Crippen molar-refractivity contribution in [2.24, 2.45) is 0 Å². The van der Waals surface area contributed by atoms with Crippen molar-refractivity contribution in [2.45, 2.75) is 98.3 Å². The minimum atomic E-state index is -0.335. The average Bonchev–Trinajstić information content (AvgIpc) is 2.67. The molecule has 0 saturated heterocycles. The molecular weight excluding hydrogens is 354 g/mol. The fourth-order valence-corrected chi connectivity index (χ4v) is 3.24. The predicted octanol–water partition coefficient (Wildman–Crippen LogP) is 5.55. The molecule has 0 saturated carbocycles. The Labute approximate surface area is 170 Å². The zero-order chi connectivity index (χ0) is 20.8. The summed E-state index contributed by atoms with van der Waals surface area (Å²) in [5, 5.41) is 3.14. The highest BCUT2D eigenvalue weighted by Gasteiger charge is 2.26. The Hall–Kier alpha value is -1.78. The van der Waals surface area contributed by atoms with Crippen molar-refractivity contribution < 1.29 is 19.1 Å². The molecule has 1 rings (SSSR count). The van der Waals surface area contributed by atoms with Gasteiger partial charge >= 0.3 is 11.9 Å². The average molecular weight is 394 g/mol. The van der Waals surface area contributed by atoms with E-state index in [2.05, 4.69) is 19.2 Å². The van der Waals surface area contributed by atoms with Gasteiger partial charge in [-0.15, -0.1) is 0 Å². The number of hydrogen-bond donors (Lipinski definition) is 1. The molecule has 0 spiro atoms. The van der Waals surface area contributed by atoms with E-state index in [4.69, 9.17) is 9.47 Å². The van der Waals surface area contributed by atoms with Gasteiger partial charge in [0.05, 0.1) is 24.4 Å². The summed E-state index contributed by atoms with van der Waals surface area (Å²) in [6.07, 6.45) is 11.4. The third kappa shape index (κ3) is 8.94. The molecule has 0 aromatic heterocycles. The summed E-state index contributed by atoms with van der Waals surface area (Å²) >= 11 is 0. The Morgan fingerprint density at radius 1 is 0.714 bits per heavy atom. The van der Waals surface area contributed by atoms with Gasteiger partial charge in [-0.05, 0) is 26.7 Å². The first-order chi connectivity index (χ1) is 13.5. The predicted molar refractivity (Wildman–Crippen MR) is 113 cm³/mol. The highest BCUT2D eigenvalue weighted by molar-refractivity contribution is 5.96. The number of unbranched alkanes of at least 4 members (excludes halogenated alkanes) is 8. The third-order valence-electron chi connectivity index (χ3n) is 5.09. The second kappa shape index (κ2) is 14.3. The van der Waals surface area contributed by atoms with Crippen LogP contribution >= 0.6 is 0 Å². The lowest BCUT2D eigenvalue weighted by Gasteiger charge is -2.22. The molecular formula is C23H39NO4. The number of allylic oxidation sites excluding steroid dienone is 2. The zero-order valence-electron chi connectivity index (χ0n) is 18.3. The van der Waals surface area contributed by atoms with Gasteiger partial charge in [0.15, 0.2) is 0 Å².